The number of halogens is 1. The van der Waals surface area contributed by atoms with Crippen LogP contribution >= 0.6 is 33.9 Å². The Bertz CT molecular complexity index is 1030. The molecule has 0 saturated carbocycles. The number of hydrogen-bond acceptors (Lipinski definition) is 4. The zero-order valence-corrected chi connectivity index (χ0v) is 19.2. The van der Waals surface area contributed by atoms with Crippen LogP contribution in [0.3, 0.4) is 0 Å². The number of thiophene rings is 1. The third kappa shape index (κ3) is 4.27. The van der Waals surface area contributed by atoms with Gasteiger partial charge in [-0.25, -0.2) is 4.98 Å². The zero-order valence-electron chi connectivity index (χ0n) is 16.2. The highest BCUT2D eigenvalue weighted by atomic mass is 127. The van der Waals surface area contributed by atoms with E-state index >= 15 is 0 Å². The summed E-state index contributed by atoms with van der Waals surface area (Å²) in [7, 11) is 0. The number of aryl methyl sites for hydroxylation is 2. The molecule has 4 rings (SSSR count). The molecule has 148 valence electrons. The summed E-state index contributed by atoms with van der Waals surface area (Å²) in [5.41, 5.74) is 5.15. The lowest BCUT2D eigenvalue weighted by Gasteiger charge is -2.28. The molecule has 3 aromatic rings. The summed E-state index contributed by atoms with van der Waals surface area (Å²) in [6.07, 6.45) is 7.88. The molecule has 1 aromatic carbocycles. The van der Waals surface area contributed by atoms with E-state index < -0.39 is 0 Å². The van der Waals surface area contributed by atoms with Gasteiger partial charge in [0.25, 0.3) is 5.56 Å². The molecular formula is C22H26IN3OS. The molecule has 2 N–H and O–H groups in total. The van der Waals surface area contributed by atoms with E-state index in [0.717, 1.165) is 41.8 Å². The van der Waals surface area contributed by atoms with E-state index in [4.69, 9.17) is 0 Å². The molecule has 1 aliphatic heterocycles. The first kappa shape index (κ1) is 19.9. The molecule has 0 fully saturated rings. The predicted molar refractivity (Wildman–Crippen MR) is 127 cm³/mol. The number of nitrogens with one attached hydrogen (secondary N) is 2. The molecule has 0 radical (unpaired) electrons. The van der Waals surface area contributed by atoms with Crippen molar-refractivity contribution in [1.82, 2.24) is 9.97 Å². The van der Waals surface area contributed by atoms with Crippen molar-refractivity contribution >= 4 is 49.8 Å². The van der Waals surface area contributed by atoms with E-state index in [1.54, 1.807) is 0 Å². The van der Waals surface area contributed by atoms with Gasteiger partial charge in [-0.3, -0.25) is 4.79 Å². The summed E-state index contributed by atoms with van der Waals surface area (Å²) in [5.74, 6) is 1.49. The van der Waals surface area contributed by atoms with Gasteiger partial charge in [-0.1, -0.05) is 25.8 Å². The number of nitrogens with zero attached hydrogens (tertiary/aromatic N) is 1. The Kier molecular flexibility index (Phi) is 6.35. The number of aromatic amines is 1. The maximum atomic E-state index is 12.1. The summed E-state index contributed by atoms with van der Waals surface area (Å²) in [4.78, 5) is 19.6. The van der Waals surface area contributed by atoms with Gasteiger partial charge in [0.15, 0.2) is 0 Å². The van der Waals surface area contributed by atoms with Gasteiger partial charge in [-0.05, 0) is 82.8 Å². The first-order valence-electron chi connectivity index (χ1n) is 10.2. The lowest BCUT2D eigenvalue weighted by molar-refractivity contribution is 0.527. The number of hydrogen-bond donors (Lipinski definition) is 2. The number of aromatic nitrogens is 2. The molecular weight excluding hydrogens is 481 g/mol. The second-order valence-electron chi connectivity index (χ2n) is 7.55. The van der Waals surface area contributed by atoms with Gasteiger partial charge < -0.3 is 10.3 Å². The largest absolute Gasteiger partial charge is 0.384 e. The molecule has 0 amide bonds. The zero-order chi connectivity index (χ0) is 19.5. The maximum Gasteiger partial charge on any atom is 0.268 e. The predicted octanol–water partition coefficient (Wildman–Crippen LogP) is 5.85. The highest BCUT2D eigenvalue weighted by Crippen LogP contribution is 2.38. The standard InChI is InChI=1S/C22H26IN3OS/c1-2-14-12-16-15(8-10-24-20(16)17(23)13-14)6-4-3-5-7-19-25-18-9-11-28-21(18)22(27)26-19/h9,11-13,15,24H,2-8,10H2,1H3,(H,25,26,27)/t15-/m0/s1. The van der Waals surface area contributed by atoms with Crippen LogP contribution in [0.25, 0.3) is 10.2 Å². The summed E-state index contributed by atoms with van der Waals surface area (Å²) in [6.45, 7) is 3.31. The number of H-pyrrole nitrogens is 1. The van der Waals surface area contributed by atoms with E-state index in [1.807, 2.05) is 11.4 Å². The second kappa shape index (κ2) is 8.95. The van der Waals surface area contributed by atoms with Crippen molar-refractivity contribution < 1.29 is 0 Å². The minimum Gasteiger partial charge on any atom is -0.384 e. The van der Waals surface area contributed by atoms with Crippen LogP contribution in [-0.4, -0.2) is 16.5 Å². The van der Waals surface area contributed by atoms with E-state index in [1.165, 1.54) is 57.4 Å². The molecule has 0 spiro atoms. The quantitative estimate of drug-likeness (QED) is 0.312. The summed E-state index contributed by atoms with van der Waals surface area (Å²) in [5, 5.41) is 5.53. The Labute approximate surface area is 183 Å². The van der Waals surface area contributed by atoms with Crippen molar-refractivity contribution in [2.75, 3.05) is 11.9 Å². The molecule has 0 saturated heterocycles. The van der Waals surface area contributed by atoms with E-state index in [-0.39, 0.29) is 5.56 Å². The van der Waals surface area contributed by atoms with Crippen LogP contribution in [0.1, 0.15) is 61.9 Å². The normalized spacial score (nSPS) is 16.1. The van der Waals surface area contributed by atoms with Gasteiger partial charge in [-0.15, -0.1) is 11.3 Å². The van der Waals surface area contributed by atoms with Crippen LogP contribution in [0.4, 0.5) is 5.69 Å². The summed E-state index contributed by atoms with van der Waals surface area (Å²) in [6, 6.07) is 6.66. The first-order chi connectivity index (χ1) is 13.7. The molecule has 1 atom stereocenters. The van der Waals surface area contributed by atoms with Gasteiger partial charge >= 0.3 is 0 Å². The molecule has 0 bridgehead atoms. The Morgan fingerprint density at radius 3 is 3.04 bits per heavy atom. The minimum absolute atomic E-state index is 0.00245. The van der Waals surface area contributed by atoms with Crippen molar-refractivity contribution in [3.8, 4) is 0 Å². The molecule has 0 unspecified atom stereocenters. The molecule has 2 aromatic heterocycles. The Morgan fingerprint density at radius 1 is 1.29 bits per heavy atom. The maximum absolute atomic E-state index is 12.1. The van der Waals surface area contributed by atoms with Crippen molar-refractivity contribution in [3.63, 3.8) is 0 Å². The number of anilines is 1. The lowest BCUT2D eigenvalue weighted by atomic mass is 9.85. The summed E-state index contributed by atoms with van der Waals surface area (Å²) >= 11 is 3.93. The van der Waals surface area contributed by atoms with Gasteiger partial charge in [0.1, 0.15) is 10.5 Å². The van der Waals surface area contributed by atoms with Crippen LogP contribution < -0.4 is 10.9 Å². The van der Waals surface area contributed by atoms with Crippen LogP contribution in [-0.2, 0) is 12.8 Å². The van der Waals surface area contributed by atoms with E-state index in [0.29, 0.717) is 5.92 Å². The van der Waals surface area contributed by atoms with Crippen molar-refractivity contribution in [1.29, 1.82) is 0 Å². The average molecular weight is 507 g/mol. The third-order valence-corrected chi connectivity index (χ3v) is 7.41. The fourth-order valence-electron chi connectivity index (χ4n) is 4.13. The molecule has 1 aliphatic rings. The SMILES string of the molecule is CCc1cc(I)c2c(c1)[C@@H](CCCCCc1nc3ccsc3c(=O)[nH]1)CCN2. The molecule has 3 heterocycles. The number of unbranched alkanes of at least 4 members (excludes halogenated alkanes) is 2. The average Bonchev–Trinajstić information content (AvgIpc) is 3.17. The first-order valence-corrected chi connectivity index (χ1v) is 12.1. The number of rotatable bonds is 7. The monoisotopic (exact) mass is 507 g/mol. The van der Waals surface area contributed by atoms with Gasteiger partial charge in [0.2, 0.25) is 0 Å². The summed E-state index contributed by atoms with van der Waals surface area (Å²) < 4.78 is 2.09. The van der Waals surface area contributed by atoms with Crippen LogP contribution in [0.5, 0.6) is 0 Å². The topological polar surface area (TPSA) is 57.8 Å². The fraction of sp³-hybridized carbons (Fsp3) is 0.455. The van der Waals surface area contributed by atoms with Gasteiger partial charge in [-0.2, -0.15) is 0 Å². The third-order valence-electron chi connectivity index (χ3n) is 5.65. The van der Waals surface area contributed by atoms with E-state index in [2.05, 4.69) is 56.9 Å². The number of benzene rings is 1. The molecule has 4 nitrogen and oxygen atoms in total. The fourth-order valence-corrected chi connectivity index (χ4v) is 5.75. The van der Waals surface area contributed by atoms with Crippen LogP contribution in [0.2, 0.25) is 0 Å². The molecule has 6 heteroatoms. The molecule has 0 aliphatic carbocycles. The highest BCUT2D eigenvalue weighted by molar-refractivity contribution is 14.1. The lowest BCUT2D eigenvalue weighted by Crippen LogP contribution is -2.18. The van der Waals surface area contributed by atoms with Gasteiger partial charge in [0.05, 0.1) is 11.2 Å². The van der Waals surface area contributed by atoms with Crippen LogP contribution in [0.15, 0.2) is 28.4 Å². The number of fused-ring (bicyclic) bond motifs is 2. The van der Waals surface area contributed by atoms with Gasteiger partial charge in [0, 0.05) is 16.5 Å². The van der Waals surface area contributed by atoms with Crippen LogP contribution in [0, 0.1) is 3.57 Å². The Hall–Kier alpha value is -1.41. The Morgan fingerprint density at radius 2 is 2.18 bits per heavy atom. The highest BCUT2D eigenvalue weighted by Gasteiger charge is 2.22. The Balaban J connectivity index is 1.32. The minimum atomic E-state index is 0.00245. The van der Waals surface area contributed by atoms with Crippen molar-refractivity contribution in [3.05, 3.63) is 54.5 Å². The smallest absolute Gasteiger partial charge is 0.268 e. The van der Waals surface area contributed by atoms with Crippen molar-refractivity contribution in [2.45, 2.75) is 57.8 Å². The van der Waals surface area contributed by atoms with E-state index in [9.17, 15) is 4.79 Å². The second-order valence-corrected chi connectivity index (χ2v) is 9.63. The molecule has 28 heavy (non-hydrogen) atoms. The van der Waals surface area contributed by atoms with Crippen molar-refractivity contribution in [2.24, 2.45) is 0 Å².